The Morgan fingerprint density at radius 3 is 1.41 bits per heavy atom. The first-order valence-electron chi connectivity index (χ1n) is 8.92. The van der Waals surface area contributed by atoms with Crippen LogP contribution in [0.1, 0.15) is 38.5 Å². The molecule has 2 nitrogen and oxygen atoms in total. The molecule has 126 valence electrons. The van der Waals surface area contributed by atoms with Gasteiger partial charge in [0.15, 0.2) is 0 Å². The van der Waals surface area contributed by atoms with E-state index in [1.807, 2.05) is 0 Å². The lowest BCUT2D eigenvalue weighted by molar-refractivity contribution is 0.295. The van der Waals surface area contributed by atoms with Crippen molar-refractivity contribution in [3.63, 3.8) is 0 Å². The molecule has 2 rings (SSSR count). The largest absolute Gasteiger partial charge is 0.548 e. The Hall–Kier alpha value is -0.486. The van der Waals surface area contributed by atoms with E-state index in [4.69, 9.17) is 8.85 Å². The molecule has 0 spiro atoms. The van der Waals surface area contributed by atoms with E-state index in [-0.39, 0.29) is 0 Å². The Labute approximate surface area is 139 Å². The Kier molecular flexibility index (Phi) is 5.65. The van der Waals surface area contributed by atoms with Crippen LogP contribution in [0.5, 0.6) is 0 Å². The van der Waals surface area contributed by atoms with E-state index in [0.717, 1.165) is 12.8 Å². The predicted molar refractivity (Wildman–Crippen MR) is 99.7 cm³/mol. The Morgan fingerprint density at radius 2 is 1.09 bits per heavy atom. The average Bonchev–Trinajstić information content (AvgIpc) is 2.35. The minimum Gasteiger partial charge on any atom is -0.548 e. The first-order valence-corrected chi connectivity index (χ1v) is 15.7. The minimum atomic E-state index is -1.47. The van der Waals surface area contributed by atoms with Gasteiger partial charge in [0.2, 0.25) is 16.6 Å². The molecule has 0 fully saturated rings. The van der Waals surface area contributed by atoms with Crippen LogP contribution in [0.3, 0.4) is 0 Å². The van der Waals surface area contributed by atoms with Crippen molar-refractivity contribution in [1.29, 1.82) is 0 Å². The van der Waals surface area contributed by atoms with Crippen molar-refractivity contribution in [3.8, 4) is 0 Å². The van der Waals surface area contributed by atoms with Gasteiger partial charge in [-0.2, -0.15) is 0 Å². The highest BCUT2D eigenvalue weighted by atomic mass is 28.4. The zero-order chi connectivity index (χ0) is 16.4. The molecular weight excluding hydrogens is 304 g/mol. The number of hydrogen-bond donors (Lipinski definition) is 0. The Bertz CT molecular complexity index is 399. The van der Waals surface area contributed by atoms with Gasteiger partial charge in [0, 0.05) is 12.8 Å². The molecule has 0 amide bonds. The van der Waals surface area contributed by atoms with E-state index >= 15 is 0 Å². The van der Waals surface area contributed by atoms with Crippen molar-refractivity contribution in [2.24, 2.45) is 11.8 Å². The van der Waals surface area contributed by atoms with Gasteiger partial charge < -0.3 is 8.85 Å². The summed E-state index contributed by atoms with van der Waals surface area (Å²) < 4.78 is 12.5. The van der Waals surface area contributed by atoms with Crippen LogP contribution in [-0.4, -0.2) is 16.6 Å². The van der Waals surface area contributed by atoms with Gasteiger partial charge >= 0.3 is 0 Å². The number of allylic oxidation sites excluding steroid dienone is 4. The van der Waals surface area contributed by atoms with Crippen molar-refractivity contribution in [3.05, 3.63) is 23.7 Å². The van der Waals surface area contributed by atoms with Crippen LogP contribution in [-0.2, 0) is 8.85 Å². The number of rotatable bonds is 5. The van der Waals surface area contributed by atoms with E-state index in [2.05, 4.69) is 51.4 Å². The summed E-state index contributed by atoms with van der Waals surface area (Å²) in [6.45, 7) is 13.7. The lowest BCUT2D eigenvalue weighted by atomic mass is 9.79. The van der Waals surface area contributed by atoms with Crippen LogP contribution >= 0.6 is 0 Å². The summed E-state index contributed by atoms with van der Waals surface area (Å²) in [7, 11) is -2.94. The summed E-state index contributed by atoms with van der Waals surface area (Å²) in [4.78, 5) is 0. The summed E-state index contributed by atoms with van der Waals surface area (Å²) in [6, 6.07) is 0. The fourth-order valence-corrected chi connectivity index (χ4v) is 5.38. The van der Waals surface area contributed by atoms with Crippen molar-refractivity contribution in [2.75, 3.05) is 0 Å². The van der Waals surface area contributed by atoms with Crippen molar-refractivity contribution < 1.29 is 8.85 Å². The molecule has 0 aliphatic heterocycles. The molecule has 22 heavy (non-hydrogen) atoms. The van der Waals surface area contributed by atoms with E-state index in [1.54, 1.807) is 0 Å². The van der Waals surface area contributed by atoms with Gasteiger partial charge in [-0.05, 0) is 89.0 Å². The van der Waals surface area contributed by atoms with Crippen LogP contribution in [0.2, 0.25) is 39.3 Å². The predicted octanol–water partition coefficient (Wildman–Crippen LogP) is 6.06. The third-order valence-electron chi connectivity index (χ3n) is 4.15. The van der Waals surface area contributed by atoms with Crippen LogP contribution in [0.4, 0.5) is 0 Å². The second-order valence-corrected chi connectivity index (χ2v) is 17.7. The zero-order valence-electron chi connectivity index (χ0n) is 15.4. The van der Waals surface area contributed by atoms with Gasteiger partial charge in [-0.3, -0.25) is 0 Å². The molecule has 2 unspecified atom stereocenters. The topological polar surface area (TPSA) is 18.5 Å². The molecule has 0 radical (unpaired) electrons. The first-order chi connectivity index (χ1) is 10.1. The Morgan fingerprint density at radius 1 is 0.727 bits per heavy atom. The third-order valence-corrected chi connectivity index (χ3v) is 5.89. The molecule has 0 N–H and O–H groups in total. The molecule has 2 aliphatic rings. The molecule has 2 aliphatic carbocycles. The highest BCUT2D eigenvalue weighted by Gasteiger charge is 2.28. The minimum absolute atomic E-state index is 0.653. The molecule has 2 atom stereocenters. The average molecular weight is 339 g/mol. The quantitative estimate of drug-likeness (QED) is 0.567. The van der Waals surface area contributed by atoms with Crippen LogP contribution in [0.25, 0.3) is 0 Å². The van der Waals surface area contributed by atoms with E-state index in [9.17, 15) is 0 Å². The van der Waals surface area contributed by atoms with Crippen LogP contribution in [0.15, 0.2) is 23.7 Å². The highest BCUT2D eigenvalue weighted by Crippen LogP contribution is 2.37. The normalized spacial score (nSPS) is 27.0. The second kappa shape index (κ2) is 6.95. The van der Waals surface area contributed by atoms with E-state index in [0.29, 0.717) is 11.8 Å². The molecule has 0 saturated carbocycles. The maximum atomic E-state index is 6.26. The molecule has 4 heteroatoms. The molecule has 0 saturated heterocycles. The van der Waals surface area contributed by atoms with Crippen molar-refractivity contribution >= 4 is 16.6 Å². The summed E-state index contributed by atoms with van der Waals surface area (Å²) in [6.07, 6.45) is 12.3. The fraction of sp³-hybridized carbons (Fsp3) is 0.778. The summed E-state index contributed by atoms with van der Waals surface area (Å²) >= 11 is 0. The van der Waals surface area contributed by atoms with Gasteiger partial charge in [-0.1, -0.05) is 0 Å². The molecule has 0 aromatic carbocycles. The standard InChI is InChI=1S/C18H34O2Si2/c1-21(2,3)19-17-11-7-9-15(13-17)16-10-8-12-18(14-16)20-22(4,5)6/h13-16H,7-12H2,1-6H3. The molecule has 0 aromatic heterocycles. The highest BCUT2D eigenvalue weighted by molar-refractivity contribution is 6.70. The molecule has 0 bridgehead atoms. The second-order valence-electron chi connectivity index (χ2n) is 8.81. The third kappa shape index (κ3) is 5.96. The van der Waals surface area contributed by atoms with Crippen molar-refractivity contribution in [1.82, 2.24) is 0 Å². The van der Waals surface area contributed by atoms with Gasteiger partial charge in [0.25, 0.3) is 0 Å². The van der Waals surface area contributed by atoms with Gasteiger partial charge in [0.1, 0.15) is 0 Å². The maximum Gasteiger partial charge on any atom is 0.241 e. The van der Waals surface area contributed by atoms with Crippen molar-refractivity contribution in [2.45, 2.75) is 77.8 Å². The zero-order valence-corrected chi connectivity index (χ0v) is 17.4. The maximum absolute atomic E-state index is 6.26. The number of hydrogen-bond acceptors (Lipinski definition) is 2. The smallest absolute Gasteiger partial charge is 0.241 e. The molecule has 0 aromatic rings. The summed E-state index contributed by atoms with van der Waals surface area (Å²) in [5.74, 6) is 3.84. The van der Waals surface area contributed by atoms with Crippen LogP contribution in [0, 0.1) is 11.8 Å². The van der Waals surface area contributed by atoms with E-state index in [1.165, 1.54) is 37.2 Å². The van der Waals surface area contributed by atoms with E-state index < -0.39 is 16.6 Å². The van der Waals surface area contributed by atoms with Crippen LogP contribution < -0.4 is 0 Å². The van der Waals surface area contributed by atoms with Gasteiger partial charge in [-0.15, -0.1) is 0 Å². The monoisotopic (exact) mass is 338 g/mol. The SMILES string of the molecule is C[Si](C)(C)OC1=CC(C2C=C(O[Si](C)(C)C)CCC2)CCC1. The Balaban J connectivity index is 2.06. The summed E-state index contributed by atoms with van der Waals surface area (Å²) in [5.41, 5.74) is 0. The molecular formula is C18H34O2Si2. The summed E-state index contributed by atoms with van der Waals surface area (Å²) in [5, 5.41) is 0. The van der Waals surface area contributed by atoms with Gasteiger partial charge in [0.05, 0.1) is 11.5 Å². The molecule has 0 heterocycles. The fourth-order valence-electron chi connectivity index (χ4n) is 3.47. The lowest BCUT2D eigenvalue weighted by Crippen LogP contribution is -2.28. The van der Waals surface area contributed by atoms with Gasteiger partial charge in [-0.25, -0.2) is 0 Å². The first kappa shape index (κ1) is 17.9. The lowest BCUT2D eigenvalue weighted by Gasteiger charge is -2.33.